The second-order valence-corrected chi connectivity index (χ2v) is 9.60. The van der Waals surface area contributed by atoms with Gasteiger partial charge < -0.3 is 5.32 Å². The highest BCUT2D eigenvalue weighted by Crippen LogP contribution is 2.35. The Morgan fingerprint density at radius 2 is 1.74 bits per heavy atom. The van der Waals surface area contributed by atoms with Crippen molar-refractivity contribution in [1.82, 2.24) is 19.5 Å². The van der Waals surface area contributed by atoms with E-state index in [1.807, 2.05) is 68.4 Å². The number of hydrogen-bond donors (Lipinski definition) is 1. The Labute approximate surface area is 201 Å². The number of nitrogens with zero attached hydrogens (tertiary/aromatic N) is 4. The van der Waals surface area contributed by atoms with Crippen molar-refractivity contribution in [2.24, 2.45) is 0 Å². The monoisotopic (exact) mass is 471 g/mol. The first kappa shape index (κ1) is 22.3. The van der Waals surface area contributed by atoms with Crippen LogP contribution in [-0.4, -0.2) is 25.4 Å². The summed E-state index contributed by atoms with van der Waals surface area (Å²) in [5.74, 6) is 0.573. The van der Waals surface area contributed by atoms with E-state index in [0.29, 0.717) is 28.3 Å². The van der Waals surface area contributed by atoms with E-state index in [2.05, 4.69) is 15.3 Å². The van der Waals surface area contributed by atoms with E-state index < -0.39 is 0 Å². The second-order valence-electron chi connectivity index (χ2n) is 8.56. The topological polar surface area (TPSA) is 89.8 Å². The summed E-state index contributed by atoms with van der Waals surface area (Å²) in [6, 6.07) is 17.2. The van der Waals surface area contributed by atoms with E-state index in [4.69, 9.17) is 4.98 Å². The molecule has 0 unspecified atom stereocenters. The molecule has 4 aromatic rings. The first-order chi connectivity index (χ1) is 16.5. The van der Waals surface area contributed by atoms with Gasteiger partial charge in [0.2, 0.25) is 5.91 Å². The lowest BCUT2D eigenvalue weighted by atomic mass is 10.2. The lowest BCUT2D eigenvalue weighted by Crippen LogP contribution is -2.25. The number of carbonyl (C=O) groups is 1. The number of aryl methyl sites for hydroxylation is 3. The van der Waals surface area contributed by atoms with Crippen molar-refractivity contribution in [1.29, 1.82) is 0 Å². The maximum Gasteiger partial charge on any atom is 0.261 e. The van der Waals surface area contributed by atoms with Crippen molar-refractivity contribution in [3.05, 3.63) is 82.2 Å². The number of para-hydroxylation sites is 1. The lowest BCUT2D eigenvalue weighted by Gasteiger charge is -2.13. The van der Waals surface area contributed by atoms with Gasteiger partial charge in [-0.15, -0.1) is 0 Å². The molecule has 0 bridgehead atoms. The summed E-state index contributed by atoms with van der Waals surface area (Å²) in [6.07, 6.45) is 2.64. The van der Waals surface area contributed by atoms with E-state index in [-0.39, 0.29) is 23.9 Å². The Balaban J connectivity index is 1.24. The molecule has 2 aromatic carbocycles. The maximum atomic E-state index is 13.0. The molecule has 1 aliphatic rings. The highest BCUT2D eigenvalue weighted by Gasteiger charge is 2.28. The van der Waals surface area contributed by atoms with Gasteiger partial charge in [0.1, 0.15) is 5.82 Å². The van der Waals surface area contributed by atoms with Gasteiger partial charge in [0, 0.05) is 40.9 Å². The molecule has 0 aliphatic heterocycles. The number of aromatic nitrogens is 4. The Kier molecular flexibility index (Phi) is 6.15. The summed E-state index contributed by atoms with van der Waals surface area (Å²) in [6.45, 7) is 3.91. The number of amides is 1. The Morgan fingerprint density at radius 3 is 2.44 bits per heavy atom. The second kappa shape index (κ2) is 9.38. The molecule has 172 valence electrons. The fourth-order valence-corrected chi connectivity index (χ4v) is 4.84. The third kappa shape index (κ3) is 5.02. The van der Waals surface area contributed by atoms with E-state index in [0.717, 1.165) is 34.8 Å². The van der Waals surface area contributed by atoms with Gasteiger partial charge in [-0.25, -0.2) is 15.0 Å². The molecule has 1 N–H and O–H groups in total. The van der Waals surface area contributed by atoms with Crippen molar-refractivity contribution < 1.29 is 4.79 Å². The molecule has 1 saturated carbocycles. The van der Waals surface area contributed by atoms with Crippen LogP contribution in [0.2, 0.25) is 0 Å². The molecule has 5 rings (SSSR count). The molecular weight excluding hydrogens is 446 g/mol. The zero-order chi connectivity index (χ0) is 23.7. The summed E-state index contributed by atoms with van der Waals surface area (Å²) in [5, 5.41) is 4.28. The zero-order valence-corrected chi connectivity index (χ0v) is 19.9. The molecule has 1 amide bonds. The smallest absolute Gasteiger partial charge is 0.261 e. The normalized spacial score (nSPS) is 13.2. The molecule has 7 nitrogen and oxygen atoms in total. The van der Waals surface area contributed by atoms with Gasteiger partial charge in [-0.2, -0.15) is 0 Å². The maximum absolute atomic E-state index is 13.0. The molecule has 8 heteroatoms. The summed E-state index contributed by atoms with van der Waals surface area (Å²) >= 11 is 1.49. The highest BCUT2D eigenvalue weighted by atomic mass is 32.2. The van der Waals surface area contributed by atoms with Crippen LogP contribution in [0.25, 0.3) is 10.9 Å². The number of benzene rings is 2. The van der Waals surface area contributed by atoms with Crippen LogP contribution in [0.1, 0.15) is 42.5 Å². The summed E-state index contributed by atoms with van der Waals surface area (Å²) in [7, 11) is 0. The molecule has 0 atom stereocenters. The van der Waals surface area contributed by atoms with Crippen LogP contribution in [0.15, 0.2) is 69.4 Å². The third-order valence-corrected chi connectivity index (χ3v) is 6.55. The van der Waals surface area contributed by atoms with Crippen LogP contribution in [0.3, 0.4) is 0 Å². The summed E-state index contributed by atoms with van der Waals surface area (Å²) in [5.41, 5.74) is 3.27. The SMILES string of the molecule is Cc1cc(C)nc(Sc2ccc(NC(=O)CCc3nc4ccccc4c(=O)n3C3CC3)cc2)n1. The molecule has 34 heavy (non-hydrogen) atoms. The van der Waals surface area contributed by atoms with Crippen molar-refractivity contribution in [3.8, 4) is 0 Å². The third-order valence-electron chi connectivity index (χ3n) is 5.68. The van der Waals surface area contributed by atoms with Gasteiger partial charge in [-0.05, 0) is 80.9 Å². The average Bonchev–Trinajstić information content (AvgIpc) is 3.63. The average molecular weight is 472 g/mol. The molecule has 2 aromatic heterocycles. The van der Waals surface area contributed by atoms with Crippen molar-refractivity contribution in [3.63, 3.8) is 0 Å². The minimum absolute atomic E-state index is 0.00983. The first-order valence-electron chi connectivity index (χ1n) is 11.4. The fraction of sp³-hybridized carbons (Fsp3) is 0.269. The van der Waals surface area contributed by atoms with Gasteiger partial charge in [0.15, 0.2) is 5.16 Å². The first-order valence-corrected chi connectivity index (χ1v) is 12.2. The van der Waals surface area contributed by atoms with Gasteiger partial charge >= 0.3 is 0 Å². The molecular formula is C26H25N5O2S. The quantitative estimate of drug-likeness (QED) is 0.387. The zero-order valence-electron chi connectivity index (χ0n) is 19.1. The number of nitrogens with one attached hydrogen (secondary N) is 1. The van der Waals surface area contributed by atoms with Crippen LogP contribution in [0.4, 0.5) is 5.69 Å². The molecule has 2 heterocycles. The standard InChI is InChI=1S/C26H25N5O2S/c1-16-15-17(2)28-26(27-16)34-20-11-7-18(8-12-20)29-24(32)14-13-23-30-22-6-4-3-5-21(22)25(33)31(23)19-9-10-19/h3-8,11-12,15,19H,9-10,13-14H2,1-2H3,(H,29,32). The van der Waals surface area contributed by atoms with E-state index >= 15 is 0 Å². The van der Waals surface area contributed by atoms with Crippen LogP contribution in [0, 0.1) is 13.8 Å². The van der Waals surface area contributed by atoms with Crippen molar-refractivity contribution >= 4 is 34.3 Å². The Hall–Kier alpha value is -3.52. The van der Waals surface area contributed by atoms with E-state index in [1.54, 1.807) is 4.57 Å². The predicted molar refractivity (Wildman–Crippen MR) is 133 cm³/mol. The summed E-state index contributed by atoms with van der Waals surface area (Å²) in [4.78, 5) is 40.2. The van der Waals surface area contributed by atoms with Gasteiger partial charge in [-0.1, -0.05) is 12.1 Å². The Bertz CT molecular complexity index is 1410. The Morgan fingerprint density at radius 1 is 1.03 bits per heavy atom. The number of fused-ring (bicyclic) bond motifs is 1. The predicted octanol–water partition coefficient (Wildman–Crippen LogP) is 4.86. The number of anilines is 1. The number of carbonyl (C=O) groups excluding carboxylic acids is 1. The van der Waals surface area contributed by atoms with Crippen LogP contribution in [0.5, 0.6) is 0 Å². The molecule has 0 radical (unpaired) electrons. The van der Waals surface area contributed by atoms with Gasteiger partial charge in [-0.3, -0.25) is 14.2 Å². The number of rotatable bonds is 7. The number of hydrogen-bond acceptors (Lipinski definition) is 6. The van der Waals surface area contributed by atoms with E-state index in [9.17, 15) is 9.59 Å². The van der Waals surface area contributed by atoms with Gasteiger partial charge in [0.25, 0.3) is 5.56 Å². The highest BCUT2D eigenvalue weighted by molar-refractivity contribution is 7.99. The minimum atomic E-state index is -0.109. The molecule has 1 aliphatic carbocycles. The fourth-order valence-electron chi connectivity index (χ4n) is 3.98. The lowest BCUT2D eigenvalue weighted by molar-refractivity contribution is -0.116. The molecule has 0 spiro atoms. The van der Waals surface area contributed by atoms with Crippen molar-refractivity contribution in [2.75, 3.05) is 5.32 Å². The largest absolute Gasteiger partial charge is 0.326 e. The van der Waals surface area contributed by atoms with E-state index in [1.165, 1.54) is 11.8 Å². The van der Waals surface area contributed by atoms with Crippen LogP contribution in [-0.2, 0) is 11.2 Å². The minimum Gasteiger partial charge on any atom is -0.326 e. The van der Waals surface area contributed by atoms with Crippen molar-refractivity contribution in [2.45, 2.75) is 55.6 Å². The van der Waals surface area contributed by atoms with Crippen LogP contribution >= 0.6 is 11.8 Å². The molecule has 0 saturated heterocycles. The molecule has 1 fully saturated rings. The van der Waals surface area contributed by atoms with Gasteiger partial charge in [0.05, 0.1) is 10.9 Å². The van der Waals surface area contributed by atoms with Crippen LogP contribution < -0.4 is 10.9 Å². The summed E-state index contributed by atoms with van der Waals surface area (Å²) < 4.78 is 1.79.